The first-order chi connectivity index (χ1) is 12.7. The molecule has 3 heterocycles. The molecule has 3 nitrogen and oxygen atoms in total. The van der Waals surface area contributed by atoms with Crippen LogP contribution in [0.2, 0.25) is 5.02 Å². The highest BCUT2D eigenvalue weighted by Gasteiger charge is 2.07. The number of pyridine rings is 2. The number of fused-ring (bicyclic) bond motifs is 2. The standard InChI is InChI=1S/C18H14ClN3.C2H6.CH3F/c1-12-10-22(17-3-2-6-20-18(12)17)11-13-4-5-16-14(7-13)8-15(19)9-21-16;2*1-2/h2-10H,11H2,1H3;1-2H3;1H3. The van der Waals surface area contributed by atoms with Gasteiger partial charge in [0.1, 0.15) is 0 Å². The van der Waals surface area contributed by atoms with Crippen LogP contribution in [0, 0.1) is 6.92 Å². The van der Waals surface area contributed by atoms with Gasteiger partial charge in [0.15, 0.2) is 0 Å². The van der Waals surface area contributed by atoms with Crippen LogP contribution >= 0.6 is 11.6 Å². The van der Waals surface area contributed by atoms with Crippen molar-refractivity contribution < 1.29 is 4.39 Å². The Kier molecular flexibility index (Phi) is 7.10. The van der Waals surface area contributed by atoms with Crippen LogP contribution < -0.4 is 0 Å². The van der Waals surface area contributed by atoms with E-state index in [1.165, 1.54) is 11.1 Å². The van der Waals surface area contributed by atoms with Crippen LogP contribution in [0.15, 0.2) is 55.0 Å². The number of rotatable bonds is 2. The van der Waals surface area contributed by atoms with Crippen molar-refractivity contribution in [3.63, 3.8) is 0 Å². The van der Waals surface area contributed by atoms with E-state index in [9.17, 15) is 4.39 Å². The van der Waals surface area contributed by atoms with Gasteiger partial charge >= 0.3 is 0 Å². The molecule has 26 heavy (non-hydrogen) atoms. The first-order valence-electron chi connectivity index (χ1n) is 8.53. The van der Waals surface area contributed by atoms with Crippen LogP contribution in [0.5, 0.6) is 0 Å². The lowest BCUT2D eigenvalue weighted by molar-refractivity contribution is 0.636. The first-order valence-corrected chi connectivity index (χ1v) is 8.91. The van der Waals surface area contributed by atoms with Gasteiger partial charge in [0.25, 0.3) is 0 Å². The van der Waals surface area contributed by atoms with Gasteiger partial charge in [-0.2, -0.15) is 0 Å². The summed E-state index contributed by atoms with van der Waals surface area (Å²) >= 11 is 6.04. The van der Waals surface area contributed by atoms with Crippen LogP contribution in [0.25, 0.3) is 21.9 Å². The minimum Gasteiger partial charge on any atom is -0.341 e. The number of halogens is 2. The van der Waals surface area contributed by atoms with E-state index in [2.05, 4.69) is 45.9 Å². The van der Waals surface area contributed by atoms with Crippen molar-refractivity contribution in [3.05, 3.63) is 71.1 Å². The second-order valence-corrected chi connectivity index (χ2v) is 5.93. The zero-order chi connectivity index (χ0) is 19.1. The second-order valence-electron chi connectivity index (χ2n) is 5.49. The normalized spacial score (nSPS) is 10.1. The molecule has 0 unspecified atom stereocenters. The molecule has 0 saturated heterocycles. The highest BCUT2D eigenvalue weighted by Crippen LogP contribution is 2.22. The van der Waals surface area contributed by atoms with Crippen LogP contribution in [0.4, 0.5) is 4.39 Å². The lowest BCUT2D eigenvalue weighted by atomic mass is 10.1. The molecule has 0 bridgehead atoms. The SMILES string of the molecule is CC.CF.Cc1cn(Cc2ccc3ncc(Cl)cc3c2)c2cccnc12. The highest BCUT2D eigenvalue weighted by molar-refractivity contribution is 6.31. The van der Waals surface area contributed by atoms with Gasteiger partial charge in [-0.3, -0.25) is 14.4 Å². The molecule has 0 spiro atoms. The Morgan fingerprint density at radius 3 is 2.62 bits per heavy atom. The molecule has 0 fully saturated rings. The smallest absolute Gasteiger partial charge is 0.0910 e. The molecule has 1 aromatic carbocycles. The monoisotopic (exact) mass is 371 g/mol. The third-order valence-electron chi connectivity index (χ3n) is 3.88. The molecule has 4 aromatic rings. The Labute approximate surface area is 158 Å². The number of hydrogen-bond acceptors (Lipinski definition) is 2. The molecule has 0 aliphatic heterocycles. The van der Waals surface area contributed by atoms with Crippen LogP contribution in [-0.4, -0.2) is 21.7 Å². The molecule has 0 N–H and O–H groups in total. The van der Waals surface area contributed by atoms with E-state index in [1.54, 1.807) is 6.20 Å². The van der Waals surface area contributed by atoms with Crippen LogP contribution in [0.3, 0.4) is 0 Å². The van der Waals surface area contributed by atoms with E-state index < -0.39 is 0 Å². The van der Waals surface area contributed by atoms with Gasteiger partial charge in [0, 0.05) is 30.5 Å². The minimum atomic E-state index is 0.500. The van der Waals surface area contributed by atoms with Crippen molar-refractivity contribution in [1.82, 2.24) is 14.5 Å². The molecule has 5 heteroatoms. The largest absolute Gasteiger partial charge is 0.341 e. The molecule has 136 valence electrons. The first kappa shape index (κ1) is 19.9. The maximum Gasteiger partial charge on any atom is 0.0910 e. The van der Waals surface area contributed by atoms with Gasteiger partial charge < -0.3 is 4.57 Å². The summed E-state index contributed by atoms with van der Waals surface area (Å²) in [4.78, 5) is 8.79. The minimum absolute atomic E-state index is 0.500. The van der Waals surface area contributed by atoms with E-state index in [-0.39, 0.29) is 0 Å². The molecule has 0 atom stereocenters. The fourth-order valence-corrected chi connectivity index (χ4v) is 3.04. The maximum atomic E-state index is 9.50. The van der Waals surface area contributed by atoms with Gasteiger partial charge in [0.2, 0.25) is 0 Å². The zero-order valence-electron chi connectivity index (χ0n) is 15.5. The fraction of sp³-hybridized carbons (Fsp3) is 0.238. The third-order valence-corrected chi connectivity index (χ3v) is 4.09. The number of aryl methyl sites for hydroxylation is 1. The number of alkyl halides is 1. The molecule has 0 amide bonds. The summed E-state index contributed by atoms with van der Waals surface area (Å²) < 4.78 is 11.7. The van der Waals surface area contributed by atoms with Gasteiger partial charge in [-0.15, -0.1) is 0 Å². The van der Waals surface area contributed by atoms with Crippen molar-refractivity contribution in [1.29, 1.82) is 0 Å². The molecule has 0 aliphatic carbocycles. The third kappa shape index (κ3) is 4.20. The zero-order valence-corrected chi connectivity index (χ0v) is 16.3. The average Bonchev–Trinajstić information content (AvgIpc) is 3.01. The van der Waals surface area contributed by atoms with Gasteiger partial charge in [0.05, 0.1) is 28.8 Å². The van der Waals surface area contributed by atoms with E-state index in [1.807, 2.05) is 38.2 Å². The lowest BCUT2D eigenvalue weighted by Gasteiger charge is -2.07. The number of benzene rings is 1. The van der Waals surface area contributed by atoms with Crippen molar-refractivity contribution in [2.75, 3.05) is 7.18 Å². The molecule has 0 saturated carbocycles. The average molecular weight is 372 g/mol. The summed E-state index contributed by atoms with van der Waals surface area (Å²) in [5.41, 5.74) is 5.60. The molecule has 0 aliphatic rings. The van der Waals surface area contributed by atoms with Gasteiger partial charge in [-0.25, -0.2) is 0 Å². The summed E-state index contributed by atoms with van der Waals surface area (Å²) in [6.07, 6.45) is 5.67. The topological polar surface area (TPSA) is 30.7 Å². The molecule has 0 radical (unpaired) electrons. The van der Waals surface area contributed by atoms with E-state index in [0.29, 0.717) is 12.2 Å². The Bertz CT molecular complexity index is 995. The Hall–Kier alpha value is -2.46. The van der Waals surface area contributed by atoms with Gasteiger partial charge in [-0.1, -0.05) is 31.5 Å². The quantitative estimate of drug-likeness (QED) is 0.419. The van der Waals surface area contributed by atoms with E-state index in [4.69, 9.17) is 11.6 Å². The van der Waals surface area contributed by atoms with Crippen molar-refractivity contribution >= 4 is 33.5 Å². The lowest BCUT2D eigenvalue weighted by Crippen LogP contribution is -1.98. The number of aromatic nitrogens is 3. The van der Waals surface area contributed by atoms with Crippen LogP contribution in [0.1, 0.15) is 25.0 Å². The number of nitrogens with zero attached hydrogens (tertiary/aromatic N) is 3. The second kappa shape index (κ2) is 9.30. The Balaban J connectivity index is 0.000000570. The van der Waals surface area contributed by atoms with Crippen molar-refractivity contribution in [2.24, 2.45) is 0 Å². The summed E-state index contributed by atoms with van der Waals surface area (Å²) in [7, 11) is 0.500. The van der Waals surface area contributed by atoms with Crippen molar-refractivity contribution in [3.8, 4) is 0 Å². The predicted octanol–water partition coefficient (Wildman–Crippen LogP) is 6.21. The summed E-state index contributed by atoms with van der Waals surface area (Å²) in [6.45, 7) is 6.90. The predicted molar refractivity (Wildman–Crippen MR) is 109 cm³/mol. The molecular formula is C21H23ClFN3. The number of hydrogen-bond donors (Lipinski definition) is 0. The van der Waals surface area contributed by atoms with E-state index >= 15 is 0 Å². The summed E-state index contributed by atoms with van der Waals surface area (Å²) in [6, 6.07) is 12.3. The van der Waals surface area contributed by atoms with E-state index in [0.717, 1.165) is 28.5 Å². The van der Waals surface area contributed by atoms with Gasteiger partial charge in [-0.05, 0) is 48.4 Å². The fourth-order valence-electron chi connectivity index (χ4n) is 2.88. The maximum absolute atomic E-state index is 9.50. The van der Waals surface area contributed by atoms with Crippen LogP contribution in [-0.2, 0) is 6.54 Å². The summed E-state index contributed by atoms with van der Waals surface area (Å²) in [5, 5.41) is 1.73. The van der Waals surface area contributed by atoms with Crippen molar-refractivity contribution in [2.45, 2.75) is 27.3 Å². The molecule has 4 rings (SSSR count). The summed E-state index contributed by atoms with van der Waals surface area (Å²) in [5.74, 6) is 0. The molecular weight excluding hydrogens is 349 g/mol. The molecule has 3 aromatic heterocycles. The Morgan fingerprint density at radius 2 is 1.85 bits per heavy atom. The highest BCUT2D eigenvalue weighted by atomic mass is 35.5. The Morgan fingerprint density at radius 1 is 1.08 bits per heavy atom.